The number of halogens is 1. The third-order valence-corrected chi connectivity index (χ3v) is 8.59. The van der Waals surface area contributed by atoms with E-state index in [-0.39, 0.29) is 22.0 Å². The van der Waals surface area contributed by atoms with Gasteiger partial charge < -0.3 is 19.1 Å². The van der Waals surface area contributed by atoms with Gasteiger partial charge in [-0.2, -0.15) is 4.39 Å². The van der Waals surface area contributed by atoms with Crippen LogP contribution < -0.4 is 9.08 Å². The second kappa shape index (κ2) is 6.45. The molecule has 0 radical (unpaired) electrons. The van der Waals surface area contributed by atoms with Gasteiger partial charge in [-0.05, 0) is 29.6 Å². The second-order valence-corrected chi connectivity index (χ2v) is 13.0. The van der Waals surface area contributed by atoms with E-state index >= 15 is 0 Å². The molecule has 0 aliphatic heterocycles. The predicted molar refractivity (Wildman–Crippen MR) is 93.7 cm³/mol. The molecule has 7 heteroatoms. The van der Waals surface area contributed by atoms with E-state index in [9.17, 15) is 4.39 Å². The van der Waals surface area contributed by atoms with Crippen LogP contribution >= 0.6 is 0 Å². The zero-order valence-electron chi connectivity index (χ0n) is 15.3. The first-order valence-corrected chi connectivity index (χ1v) is 10.6. The molecule has 0 aliphatic rings. The standard InChI is InChI=1S/C16H28BFO4Si/c1-15(2,3)11-9-10-12(21-17(19)20)13(18)14(11)22-23(7,8)16(4,5)6/h9-10,19-20H,1-8H3. The summed E-state index contributed by atoms with van der Waals surface area (Å²) in [5.74, 6) is -0.792. The molecule has 0 aromatic heterocycles. The van der Waals surface area contributed by atoms with Crippen molar-refractivity contribution >= 4 is 15.6 Å². The van der Waals surface area contributed by atoms with Gasteiger partial charge in [0.25, 0.3) is 8.32 Å². The maximum atomic E-state index is 14.9. The lowest BCUT2D eigenvalue weighted by atomic mass is 9.86. The topological polar surface area (TPSA) is 58.9 Å². The first-order valence-electron chi connectivity index (χ1n) is 7.71. The predicted octanol–water partition coefficient (Wildman–Crippen LogP) is 3.86. The molecule has 1 aromatic carbocycles. The van der Waals surface area contributed by atoms with Gasteiger partial charge in [0, 0.05) is 5.56 Å². The highest BCUT2D eigenvalue weighted by Gasteiger charge is 2.41. The number of hydrogen-bond donors (Lipinski definition) is 2. The molecule has 0 atom stereocenters. The Hall–Kier alpha value is -1.05. The Bertz CT molecular complexity index is 562. The number of benzene rings is 1. The van der Waals surface area contributed by atoms with Crippen LogP contribution in [0.1, 0.15) is 47.1 Å². The highest BCUT2D eigenvalue weighted by molar-refractivity contribution is 6.74. The molecule has 0 amide bonds. The summed E-state index contributed by atoms with van der Waals surface area (Å²) in [7, 11) is -4.35. The van der Waals surface area contributed by atoms with E-state index < -0.39 is 21.5 Å². The second-order valence-electron chi connectivity index (χ2n) is 8.31. The summed E-state index contributed by atoms with van der Waals surface area (Å²) in [5.41, 5.74) is 0.397. The molecule has 1 aromatic rings. The minimum Gasteiger partial charge on any atom is -0.541 e. The average Bonchev–Trinajstić information content (AvgIpc) is 2.30. The van der Waals surface area contributed by atoms with Gasteiger partial charge in [0.2, 0.25) is 5.82 Å². The van der Waals surface area contributed by atoms with Crippen LogP contribution in [-0.4, -0.2) is 25.7 Å². The van der Waals surface area contributed by atoms with Gasteiger partial charge in [-0.3, -0.25) is 0 Å². The van der Waals surface area contributed by atoms with Crippen LogP contribution in [0.15, 0.2) is 12.1 Å². The molecule has 0 fully saturated rings. The molecular formula is C16H28BFO4Si. The summed E-state index contributed by atoms with van der Waals surface area (Å²) in [6.45, 7) is 16.2. The molecule has 2 N–H and O–H groups in total. The normalized spacial score (nSPS) is 13.0. The molecule has 0 bridgehead atoms. The van der Waals surface area contributed by atoms with E-state index in [0.29, 0.717) is 0 Å². The van der Waals surface area contributed by atoms with Gasteiger partial charge in [0.15, 0.2) is 0 Å². The summed E-state index contributed by atoms with van der Waals surface area (Å²) in [6.07, 6.45) is 0. The van der Waals surface area contributed by atoms with Crippen molar-refractivity contribution in [3.8, 4) is 11.5 Å². The Kier molecular flexibility index (Phi) is 5.61. The van der Waals surface area contributed by atoms with Crippen molar-refractivity contribution in [2.24, 2.45) is 0 Å². The van der Waals surface area contributed by atoms with Crippen molar-refractivity contribution in [2.45, 2.75) is 65.1 Å². The average molecular weight is 342 g/mol. The lowest BCUT2D eigenvalue weighted by Gasteiger charge is -2.38. The van der Waals surface area contributed by atoms with Crippen molar-refractivity contribution in [2.75, 3.05) is 0 Å². The SMILES string of the molecule is CC(C)(C)c1ccc(OB(O)O)c(F)c1O[Si](C)(C)C(C)(C)C. The maximum Gasteiger partial charge on any atom is 0.707 e. The number of hydrogen-bond acceptors (Lipinski definition) is 4. The molecule has 0 unspecified atom stereocenters. The zero-order chi connectivity index (χ0) is 18.2. The van der Waals surface area contributed by atoms with E-state index in [1.54, 1.807) is 6.07 Å². The van der Waals surface area contributed by atoms with E-state index in [1.165, 1.54) is 6.07 Å². The quantitative estimate of drug-likeness (QED) is 0.816. The summed E-state index contributed by atoms with van der Waals surface area (Å²) < 4.78 is 25.8. The van der Waals surface area contributed by atoms with Crippen LogP contribution in [-0.2, 0) is 5.41 Å². The van der Waals surface area contributed by atoms with Gasteiger partial charge in [-0.1, -0.05) is 47.6 Å². The van der Waals surface area contributed by atoms with Gasteiger partial charge in [0.05, 0.1) is 0 Å². The monoisotopic (exact) mass is 342 g/mol. The van der Waals surface area contributed by atoms with Gasteiger partial charge in [0.1, 0.15) is 11.5 Å². The van der Waals surface area contributed by atoms with Crippen LogP contribution in [0.2, 0.25) is 18.1 Å². The van der Waals surface area contributed by atoms with Crippen molar-refractivity contribution < 1.29 is 23.5 Å². The Balaban J connectivity index is 3.46. The number of rotatable bonds is 4. The Morgan fingerprint density at radius 2 is 1.57 bits per heavy atom. The molecule has 4 nitrogen and oxygen atoms in total. The molecule has 1 rings (SSSR count). The molecule has 0 saturated heterocycles. The first-order chi connectivity index (χ1) is 10.2. The fourth-order valence-corrected chi connectivity index (χ4v) is 2.86. The van der Waals surface area contributed by atoms with Gasteiger partial charge >= 0.3 is 7.32 Å². The fourth-order valence-electron chi connectivity index (χ4n) is 1.84. The minimum absolute atomic E-state index is 0.0953. The Morgan fingerprint density at radius 1 is 1.04 bits per heavy atom. The lowest BCUT2D eigenvalue weighted by molar-refractivity contribution is 0.280. The smallest absolute Gasteiger partial charge is 0.541 e. The van der Waals surface area contributed by atoms with E-state index in [4.69, 9.17) is 19.1 Å². The molecule has 0 heterocycles. The highest BCUT2D eigenvalue weighted by Crippen LogP contribution is 2.43. The van der Waals surface area contributed by atoms with E-state index in [2.05, 4.69) is 20.8 Å². The minimum atomic E-state index is -2.27. The summed E-state index contributed by atoms with van der Waals surface area (Å²) >= 11 is 0. The van der Waals surface area contributed by atoms with Crippen LogP contribution in [0, 0.1) is 5.82 Å². The molecule has 130 valence electrons. The third kappa shape index (κ3) is 4.71. The molecule has 0 saturated carbocycles. The fraction of sp³-hybridized carbons (Fsp3) is 0.625. The van der Waals surface area contributed by atoms with Crippen molar-refractivity contribution in [3.05, 3.63) is 23.5 Å². The lowest BCUT2D eigenvalue weighted by Crippen LogP contribution is -2.44. The largest absolute Gasteiger partial charge is 0.707 e. The molecular weight excluding hydrogens is 314 g/mol. The van der Waals surface area contributed by atoms with Crippen molar-refractivity contribution in [1.29, 1.82) is 0 Å². The Morgan fingerprint density at radius 3 is 1.96 bits per heavy atom. The van der Waals surface area contributed by atoms with Gasteiger partial charge in [-0.15, -0.1) is 0 Å². The summed E-state index contributed by atoms with van der Waals surface area (Å²) in [6, 6.07) is 3.11. The maximum absolute atomic E-state index is 14.9. The van der Waals surface area contributed by atoms with Crippen LogP contribution in [0.3, 0.4) is 0 Å². The van der Waals surface area contributed by atoms with Crippen LogP contribution in [0.4, 0.5) is 4.39 Å². The van der Waals surface area contributed by atoms with Crippen LogP contribution in [0.5, 0.6) is 11.5 Å². The van der Waals surface area contributed by atoms with Crippen molar-refractivity contribution in [3.63, 3.8) is 0 Å². The molecule has 23 heavy (non-hydrogen) atoms. The van der Waals surface area contributed by atoms with Crippen molar-refractivity contribution in [1.82, 2.24) is 0 Å². The van der Waals surface area contributed by atoms with E-state index in [0.717, 1.165) is 5.56 Å². The van der Waals surface area contributed by atoms with Crippen LogP contribution in [0.25, 0.3) is 0 Å². The van der Waals surface area contributed by atoms with E-state index in [1.807, 2.05) is 33.9 Å². The first kappa shape index (κ1) is 20.0. The third-order valence-electron chi connectivity index (χ3n) is 4.27. The highest BCUT2D eigenvalue weighted by atomic mass is 28.4. The zero-order valence-corrected chi connectivity index (χ0v) is 16.3. The molecule has 0 aliphatic carbocycles. The summed E-state index contributed by atoms with van der Waals surface area (Å²) in [5, 5.41) is 17.8. The molecule has 0 spiro atoms. The summed E-state index contributed by atoms with van der Waals surface area (Å²) in [4.78, 5) is 0. The van der Waals surface area contributed by atoms with Gasteiger partial charge in [-0.25, -0.2) is 0 Å². The Labute approximate surface area is 139 Å².